The highest BCUT2D eigenvalue weighted by Gasteiger charge is 2.29. The molecule has 0 aliphatic carbocycles. The van der Waals surface area contributed by atoms with Crippen molar-refractivity contribution in [1.29, 1.82) is 0 Å². The molecule has 17 heavy (non-hydrogen) atoms. The van der Waals surface area contributed by atoms with Crippen LogP contribution in [0, 0.1) is 11.8 Å². The predicted molar refractivity (Wildman–Crippen MR) is 73.0 cm³/mol. The van der Waals surface area contributed by atoms with E-state index in [2.05, 4.69) is 24.1 Å². The lowest BCUT2D eigenvalue weighted by Gasteiger charge is -2.24. The van der Waals surface area contributed by atoms with Gasteiger partial charge in [0.25, 0.3) is 0 Å². The highest BCUT2D eigenvalue weighted by molar-refractivity contribution is 7.99. The van der Waals surface area contributed by atoms with Gasteiger partial charge in [-0.1, -0.05) is 13.8 Å². The number of carbonyl (C=O) groups excluding carboxylic acids is 1. The number of carbonyl (C=O) groups is 1. The molecular weight excluding hydrogens is 232 g/mol. The summed E-state index contributed by atoms with van der Waals surface area (Å²) < 4.78 is 0. The number of likely N-dealkylation sites (tertiary alicyclic amines) is 1. The van der Waals surface area contributed by atoms with E-state index in [0.717, 1.165) is 36.6 Å². The number of rotatable bonds is 2. The molecule has 4 heteroatoms. The van der Waals surface area contributed by atoms with Gasteiger partial charge in [-0.05, 0) is 31.1 Å². The van der Waals surface area contributed by atoms with Crippen molar-refractivity contribution in [3.8, 4) is 0 Å². The average Bonchev–Trinajstić information content (AvgIpc) is 2.71. The summed E-state index contributed by atoms with van der Waals surface area (Å²) in [6, 6.07) is 0.0793. The minimum absolute atomic E-state index is 0.0793. The lowest BCUT2D eigenvalue weighted by Crippen LogP contribution is -2.45. The zero-order chi connectivity index (χ0) is 12.3. The molecule has 0 bridgehead atoms. The summed E-state index contributed by atoms with van der Waals surface area (Å²) in [5, 5.41) is 3.28. The second kappa shape index (κ2) is 6.10. The van der Waals surface area contributed by atoms with Gasteiger partial charge in [-0.15, -0.1) is 11.8 Å². The Morgan fingerprint density at radius 3 is 2.82 bits per heavy atom. The molecule has 2 aliphatic heterocycles. The zero-order valence-corrected chi connectivity index (χ0v) is 11.8. The van der Waals surface area contributed by atoms with Crippen molar-refractivity contribution >= 4 is 17.7 Å². The number of nitrogens with one attached hydrogen (secondary N) is 1. The maximum Gasteiger partial charge on any atom is 0.240 e. The molecule has 2 aliphatic rings. The fourth-order valence-corrected chi connectivity index (χ4v) is 3.72. The fourth-order valence-electron chi connectivity index (χ4n) is 2.78. The molecular formula is C13H24N2OS. The van der Waals surface area contributed by atoms with Gasteiger partial charge in [0.2, 0.25) is 5.91 Å². The molecule has 2 heterocycles. The van der Waals surface area contributed by atoms with Crippen LogP contribution in [0.2, 0.25) is 0 Å². The summed E-state index contributed by atoms with van der Waals surface area (Å²) in [5.41, 5.74) is 0. The van der Waals surface area contributed by atoms with E-state index in [1.165, 1.54) is 19.3 Å². The van der Waals surface area contributed by atoms with Gasteiger partial charge >= 0.3 is 0 Å². The molecule has 98 valence electrons. The minimum atomic E-state index is 0.0793. The third-order valence-electron chi connectivity index (χ3n) is 4.04. The number of thioether (sulfide) groups is 1. The Balaban J connectivity index is 1.87. The molecule has 1 amide bonds. The second-order valence-electron chi connectivity index (χ2n) is 5.53. The minimum Gasteiger partial charge on any atom is -0.341 e. The van der Waals surface area contributed by atoms with Crippen molar-refractivity contribution in [1.82, 2.24) is 10.2 Å². The molecule has 0 aromatic carbocycles. The van der Waals surface area contributed by atoms with Crippen molar-refractivity contribution in [2.45, 2.75) is 39.2 Å². The van der Waals surface area contributed by atoms with Gasteiger partial charge in [0.15, 0.2) is 0 Å². The molecule has 0 spiro atoms. The van der Waals surface area contributed by atoms with Crippen LogP contribution in [0.5, 0.6) is 0 Å². The Labute approximate surface area is 109 Å². The topological polar surface area (TPSA) is 32.3 Å². The van der Waals surface area contributed by atoms with Crippen LogP contribution in [0.3, 0.4) is 0 Å². The molecule has 0 saturated carbocycles. The van der Waals surface area contributed by atoms with Crippen molar-refractivity contribution in [2.75, 3.05) is 24.7 Å². The molecule has 0 aromatic heterocycles. The average molecular weight is 256 g/mol. The molecule has 0 aromatic rings. The van der Waals surface area contributed by atoms with Crippen LogP contribution in [0.25, 0.3) is 0 Å². The first-order chi connectivity index (χ1) is 8.18. The SMILES string of the molecule is CC(C)C1CCCN(C(=O)C2CSCN2)CC1. The van der Waals surface area contributed by atoms with Crippen molar-refractivity contribution < 1.29 is 4.79 Å². The van der Waals surface area contributed by atoms with E-state index in [1.807, 2.05) is 11.8 Å². The molecule has 2 atom stereocenters. The first-order valence-electron chi connectivity index (χ1n) is 6.78. The maximum atomic E-state index is 12.3. The van der Waals surface area contributed by atoms with Crippen LogP contribution in [-0.4, -0.2) is 41.6 Å². The quantitative estimate of drug-likeness (QED) is 0.819. The van der Waals surface area contributed by atoms with E-state index in [1.54, 1.807) is 0 Å². The lowest BCUT2D eigenvalue weighted by atomic mass is 9.89. The Morgan fingerprint density at radius 2 is 2.18 bits per heavy atom. The number of hydrogen-bond acceptors (Lipinski definition) is 3. The summed E-state index contributed by atoms with van der Waals surface area (Å²) in [6.07, 6.45) is 3.64. The summed E-state index contributed by atoms with van der Waals surface area (Å²) in [4.78, 5) is 14.4. The van der Waals surface area contributed by atoms with Gasteiger partial charge in [-0.3, -0.25) is 10.1 Å². The molecule has 2 rings (SSSR count). The van der Waals surface area contributed by atoms with E-state index in [9.17, 15) is 4.79 Å². The van der Waals surface area contributed by atoms with Gasteiger partial charge < -0.3 is 4.90 Å². The normalized spacial score (nSPS) is 30.6. The van der Waals surface area contributed by atoms with Gasteiger partial charge in [-0.25, -0.2) is 0 Å². The van der Waals surface area contributed by atoms with Crippen LogP contribution in [0.15, 0.2) is 0 Å². The number of hydrogen-bond donors (Lipinski definition) is 1. The summed E-state index contributed by atoms with van der Waals surface area (Å²) in [5.74, 6) is 3.77. The molecule has 1 N–H and O–H groups in total. The van der Waals surface area contributed by atoms with E-state index in [4.69, 9.17) is 0 Å². The van der Waals surface area contributed by atoms with Gasteiger partial charge in [0, 0.05) is 24.7 Å². The highest BCUT2D eigenvalue weighted by Crippen LogP contribution is 2.25. The van der Waals surface area contributed by atoms with E-state index in [0.29, 0.717) is 5.91 Å². The first-order valence-corrected chi connectivity index (χ1v) is 7.94. The first kappa shape index (κ1) is 13.2. The van der Waals surface area contributed by atoms with Crippen LogP contribution in [0.4, 0.5) is 0 Å². The Morgan fingerprint density at radius 1 is 1.35 bits per heavy atom. The number of nitrogens with zero attached hydrogens (tertiary/aromatic N) is 1. The van der Waals surface area contributed by atoms with Crippen LogP contribution < -0.4 is 5.32 Å². The van der Waals surface area contributed by atoms with E-state index >= 15 is 0 Å². The molecule has 2 fully saturated rings. The Bertz CT molecular complexity index is 264. The molecule has 0 radical (unpaired) electrons. The van der Waals surface area contributed by atoms with Crippen molar-refractivity contribution in [2.24, 2.45) is 11.8 Å². The zero-order valence-electron chi connectivity index (χ0n) is 10.9. The van der Waals surface area contributed by atoms with Gasteiger partial charge in [0.1, 0.15) is 0 Å². The maximum absolute atomic E-state index is 12.3. The largest absolute Gasteiger partial charge is 0.341 e. The van der Waals surface area contributed by atoms with Crippen molar-refractivity contribution in [3.05, 3.63) is 0 Å². The third-order valence-corrected chi connectivity index (χ3v) is 4.98. The van der Waals surface area contributed by atoms with Crippen LogP contribution in [-0.2, 0) is 4.79 Å². The summed E-state index contributed by atoms with van der Waals surface area (Å²) in [7, 11) is 0. The fraction of sp³-hybridized carbons (Fsp3) is 0.923. The Hall–Kier alpha value is -0.220. The van der Waals surface area contributed by atoms with Gasteiger partial charge in [0.05, 0.1) is 6.04 Å². The Kier molecular flexibility index (Phi) is 4.74. The monoisotopic (exact) mass is 256 g/mol. The lowest BCUT2D eigenvalue weighted by molar-refractivity contribution is -0.132. The third kappa shape index (κ3) is 3.38. The molecule has 2 unspecified atom stereocenters. The van der Waals surface area contributed by atoms with E-state index in [-0.39, 0.29) is 6.04 Å². The smallest absolute Gasteiger partial charge is 0.240 e. The van der Waals surface area contributed by atoms with Crippen molar-refractivity contribution in [3.63, 3.8) is 0 Å². The summed E-state index contributed by atoms with van der Waals surface area (Å²) in [6.45, 7) is 6.53. The number of amides is 1. The summed E-state index contributed by atoms with van der Waals surface area (Å²) >= 11 is 1.83. The van der Waals surface area contributed by atoms with Crippen LogP contribution in [0.1, 0.15) is 33.1 Å². The standard InChI is InChI=1S/C13H24N2OS/c1-10(2)11-4-3-6-15(7-5-11)13(16)12-8-17-9-14-12/h10-12,14H,3-9H2,1-2H3. The van der Waals surface area contributed by atoms with Crippen LogP contribution >= 0.6 is 11.8 Å². The molecule has 2 saturated heterocycles. The second-order valence-corrected chi connectivity index (χ2v) is 6.56. The predicted octanol–water partition coefficient (Wildman–Crippen LogP) is 1.93. The molecule has 3 nitrogen and oxygen atoms in total. The van der Waals surface area contributed by atoms with Gasteiger partial charge in [-0.2, -0.15) is 0 Å². The highest BCUT2D eigenvalue weighted by atomic mass is 32.2. The van der Waals surface area contributed by atoms with E-state index < -0.39 is 0 Å².